The largest absolute Gasteiger partial charge is 0.361 e. The molecule has 1 N–H and O–H groups in total. The summed E-state index contributed by atoms with van der Waals surface area (Å²) in [6, 6.07) is 8.68. The van der Waals surface area contributed by atoms with Crippen LogP contribution >= 0.6 is 11.3 Å². The smallest absolute Gasteiger partial charge is 0.198 e. The predicted octanol–water partition coefficient (Wildman–Crippen LogP) is 7.02. The van der Waals surface area contributed by atoms with Crippen LogP contribution in [0.25, 0.3) is 33.0 Å². The molecule has 0 spiro atoms. The van der Waals surface area contributed by atoms with Gasteiger partial charge in [-0.2, -0.15) is 0 Å². The lowest BCUT2D eigenvalue weighted by Gasteiger charge is -2.03. The molecule has 0 bridgehead atoms. The van der Waals surface area contributed by atoms with Crippen molar-refractivity contribution in [1.82, 2.24) is 34.7 Å². The summed E-state index contributed by atoms with van der Waals surface area (Å²) in [5, 5.41) is 9.97. The van der Waals surface area contributed by atoms with E-state index < -0.39 is 0 Å². The Morgan fingerprint density at radius 1 is 1.06 bits per heavy atom. The van der Waals surface area contributed by atoms with Crippen molar-refractivity contribution >= 4 is 33.5 Å². The number of aryl methyl sites for hydroxylation is 2. The highest BCUT2D eigenvalue weighted by Crippen LogP contribution is 2.23. The molecule has 176 valence electrons. The van der Waals surface area contributed by atoms with E-state index in [0.29, 0.717) is 11.6 Å². The highest BCUT2D eigenvalue weighted by molar-refractivity contribution is 7.12. The fraction of sp³-hybridized carbons (Fsp3) is 0.400. The van der Waals surface area contributed by atoms with Crippen LogP contribution in [0.1, 0.15) is 65.6 Å². The standard InChI is InChI=1S/C11H13N.C10H10N6S.2C2H6/c1-8(2)10-4-3-9-5-6-12-11(9)7-10;1-3-16-8-7(13-6(2)4-11-8)14-9(16)10-15-12-5-17-10;2*1-2/h3-8,12H,1-2H3;4-5H,3H2,1-2H3;2*1-2H3. The number of fused-ring (bicyclic) bond motifs is 2. The fourth-order valence-corrected chi connectivity index (χ4v) is 3.69. The van der Waals surface area contributed by atoms with Crippen molar-refractivity contribution in [3.63, 3.8) is 0 Å². The Morgan fingerprint density at radius 3 is 2.45 bits per heavy atom. The second-order valence-corrected chi connectivity index (χ2v) is 7.89. The van der Waals surface area contributed by atoms with Gasteiger partial charge < -0.3 is 9.55 Å². The normalized spacial score (nSPS) is 10.2. The molecule has 0 aliphatic heterocycles. The quantitative estimate of drug-likeness (QED) is 0.309. The molecule has 4 heterocycles. The Balaban J connectivity index is 0.000000212. The average Bonchev–Trinajstić information content (AvgIpc) is 3.60. The zero-order chi connectivity index (χ0) is 24.4. The Kier molecular flexibility index (Phi) is 10.1. The van der Waals surface area contributed by atoms with Gasteiger partial charge in [0, 0.05) is 18.3 Å². The van der Waals surface area contributed by atoms with E-state index >= 15 is 0 Å². The first-order valence-electron chi connectivity index (χ1n) is 11.6. The minimum Gasteiger partial charge on any atom is -0.361 e. The predicted molar refractivity (Wildman–Crippen MR) is 140 cm³/mol. The molecular weight excluding hydrogens is 430 g/mol. The highest BCUT2D eigenvalue weighted by atomic mass is 32.1. The number of nitrogens with zero attached hydrogens (tertiary/aromatic N) is 6. The van der Waals surface area contributed by atoms with Gasteiger partial charge in [0.2, 0.25) is 0 Å². The zero-order valence-corrected chi connectivity index (χ0v) is 21.7. The summed E-state index contributed by atoms with van der Waals surface area (Å²) in [4.78, 5) is 16.5. The van der Waals surface area contributed by atoms with Crippen LogP contribution in [0.4, 0.5) is 0 Å². The number of benzene rings is 1. The Labute approximate surface area is 200 Å². The van der Waals surface area contributed by atoms with Crippen molar-refractivity contribution in [3.05, 3.63) is 53.4 Å². The van der Waals surface area contributed by atoms with Gasteiger partial charge in [-0.3, -0.25) is 0 Å². The van der Waals surface area contributed by atoms with Crippen molar-refractivity contribution in [1.29, 1.82) is 0 Å². The molecule has 7 nitrogen and oxygen atoms in total. The molecule has 4 aromatic heterocycles. The third-order valence-electron chi connectivity index (χ3n) is 4.69. The van der Waals surface area contributed by atoms with E-state index in [2.05, 4.69) is 68.2 Å². The first kappa shape index (κ1) is 26.1. The summed E-state index contributed by atoms with van der Waals surface area (Å²) in [5.74, 6) is 1.40. The van der Waals surface area contributed by atoms with Crippen molar-refractivity contribution in [2.75, 3.05) is 0 Å². The number of hydrogen-bond donors (Lipinski definition) is 1. The highest BCUT2D eigenvalue weighted by Gasteiger charge is 2.15. The number of hydrogen-bond acceptors (Lipinski definition) is 6. The van der Waals surface area contributed by atoms with E-state index in [9.17, 15) is 0 Å². The first-order chi connectivity index (χ1) is 16.1. The van der Waals surface area contributed by atoms with Crippen molar-refractivity contribution in [2.45, 2.75) is 67.9 Å². The summed E-state index contributed by atoms with van der Waals surface area (Å²) in [5.41, 5.74) is 6.65. The molecule has 0 aliphatic rings. The summed E-state index contributed by atoms with van der Waals surface area (Å²) in [6.07, 6.45) is 3.73. The third kappa shape index (κ3) is 6.22. The topological polar surface area (TPSA) is 85.2 Å². The minimum atomic E-state index is 0.609. The van der Waals surface area contributed by atoms with Crippen molar-refractivity contribution in [2.24, 2.45) is 0 Å². The van der Waals surface area contributed by atoms with Crippen LogP contribution in [0.3, 0.4) is 0 Å². The second kappa shape index (κ2) is 12.8. The van der Waals surface area contributed by atoms with Gasteiger partial charge in [-0.15, -0.1) is 10.2 Å². The van der Waals surface area contributed by atoms with Crippen LogP contribution in [0.15, 0.2) is 42.2 Å². The average molecular weight is 466 g/mol. The number of aromatic nitrogens is 7. The van der Waals surface area contributed by atoms with E-state index in [0.717, 1.165) is 28.7 Å². The number of aromatic amines is 1. The van der Waals surface area contributed by atoms with E-state index in [4.69, 9.17) is 0 Å². The molecule has 0 fully saturated rings. The van der Waals surface area contributed by atoms with Crippen LogP contribution in [0.5, 0.6) is 0 Å². The number of imidazole rings is 1. The molecule has 0 amide bonds. The Morgan fingerprint density at radius 2 is 1.82 bits per heavy atom. The van der Waals surface area contributed by atoms with Crippen LogP contribution in [0, 0.1) is 6.92 Å². The van der Waals surface area contributed by atoms with Gasteiger partial charge in [0.05, 0.1) is 11.9 Å². The van der Waals surface area contributed by atoms with Gasteiger partial charge in [-0.05, 0) is 42.8 Å². The molecule has 5 rings (SSSR count). The number of rotatable bonds is 3. The third-order valence-corrected chi connectivity index (χ3v) is 5.38. The first-order valence-corrected chi connectivity index (χ1v) is 12.5. The molecule has 5 aromatic rings. The second-order valence-electron chi connectivity index (χ2n) is 7.06. The molecular formula is C25H35N7S. The number of nitrogens with one attached hydrogen (secondary N) is 1. The summed E-state index contributed by atoms with van der Waals surface area (Å²) < 4.78 is 2.00. The van der Waals surface area contributed by atoms with Gasteiger partial charge in [-0.1, -0.05) is 65.0 Å². The van der Waals surface area contributed by atoms with E-state index in [1.54, 1.807) is 11.7 Å². The van der Waals surface area contributed by atoms with Crippen molar-refractivity contribution in [3.8, 4) is 10.8 Å². The van der Waals surface area contributed by atoms with Gasteiger partial charge >= 0.3 is 0 Å². The fourth-order valence-electron chi connectivity index (χ4n) is 3.14. The number of H-pyrrole nitrogens is 1. The molecule has 0 saturated heterocycles. The van der Waals surface area contributed by atoms with E-state index in [1.807, 2.05) is 52.3 Å². The molecule has 0 unspecified atom stereocenters. The summed E-state index contributed by atoms with van der Waals surface area (Å²) in [6.45, 7) is 17.2. The molecule has 0 aliphatic carbocycles. The molecule has 0 atom stereocenters. The monoisotopic (exact) mass is 465 g/mol. The Bertz CT molecular complexity index is 1240. The van der Waals surface area contributed by atoms with Crippen LogP contribution in [-0.4, -0.2) is 34.7 Å². The maximum absolute atomic E-state index is 4.48. The molecule has 0 radical (unpaired) electrons. The lowest BCUT2D eigenvalue weighted by atomic mass is 10.0. The van der Waals surface area contributed by atoms with Crippen LogP contribution in [0.2, 0.25) is 0 Å². The van der Waals surface area contributed by atoms with E-state index in [-0.39, 0.29) is 0 Å². The van der Waals surface area contributed by atoms with Crippen LogP contribution < -0.4 is 0 Å². The maximum atomic E-state index is 4.48. The lowest BCUT2D eigenvalue weighted by Crippen LogP contribution is -1.98. The van der Waals surface area contributed by atoms with E-state index in [1.165, 1.54) is 27.8 Å². The van der Waals surface area contributed by atoms with Crippen molar-refractivity contribution < 1.29 is 0 Å². The molecule has 0 saturated carbocycles. The molecule has 33 heavy (non-hydrogen) atoms. The van der Waals surface area contributed by atoms with Gasteiger partial charge in [-0.25, -0.2) is 15.0 Å². The zero-order valence-electron chi connectivity index (χ0n) is 20.9. The minimum absolute atomic E-state index is 0.609. The van der Waals surface area contributed by atoms with Gasteiger partial charge in [0.1, 0.15) is 5.51 Å². The Hall–Kier alpha value is -3.13. The molecule has 8 heteroatoms. The summed E-state index contributed by atoms with van der Waals surface area (Å²) >= 11 is 1.46. The lowest BCUT2D eigenvalue weighted by molar-refractivity contribution is 0.784. The van der Waals surface area contributed by atoms with Crippen LogP contribution in [-0.2, 0) is 6.54 Å². The maximum Gasteiger partial charge on any atom is 0.198 e. The summed E-state index contributed by atoms with van der Waals surface area (Å²) in [7, 11) is 0. The molecule has 1 aromatic carbocycles. The van der Waals surface area contributed by atoms with Gasteiger partial charge in [0.15, 0.2) is 22.1 Å². The van der Waals surface area contributed by atoms with Gasteiger partial charge in [0.25, 0.3) is 0 Å². The SMILES string of the molecule is CC.CC.CC(C)c1ccc2cc[nH]c2c1.CCn1c(-c2nncs2)nc2nc(C)cnc21.